The zero-order chi connectivity index (χ0) is 15.2. The maximum Gasteiger partial charge on any atom is 0.309 e. The topological polar surface area (TPSA) is 89.7 Å². The van der Waals surface area contributed by atoms with E-state index in [2.05, 4.69) is 6.08 Å². The molecule has 0 aromatic rings. The molecular formula is C15H22N2O4. The van der Waals surface area contributed by atoms with Crippen LogP contribution < -0.4 is 5.73 Å². The molecule has 6 nitrogen and oxygen atoms in total. The van der Waals surface area contributed by atoms with Crippen LogP contribution in [0.3, 0.4) is 0 Å². The quantitative estimate of drug-likeness (QED) is 0.607. The Bertz CT molecular complexity index is 439. The van der Waals surface area contributed by atoms with Crippen LogP contribution in [0.2, 0.25) is 0 Å². The van der Waals surface area contributed by atoms with E-state index in [1.54, 1.807) is 4.90 Å². The van der Waals surface area contributed by atoms with Crippen molar-refractivity contribution in [3.05, 3.63) is 12.2 Å². The Labute approximate surface area is 124 Å². The van der Waals surface area contributed by atoms with Crippen LogP contribution in [0, 0.1) is 11.8 Å². The number of carbonyl (C=O) groups is 3. The standard InChI is InChI=1S/C15H22N2O4/c16-14(19)11-6-8-17(9-7-11)13(18)10-21-15(20)12-4-2-1-3-5-12/h1-2,11-12H,3-10H2,(H2,16,19)/t12-/m1/s1. The van der Waals surface area contributed by atoms with Gasteiger partial charge < -0.3 is 15.4 Å². The number of ether oxygens (including phenoxy) is 1. The second-order valence-corrected chi connectivity index (χ2v) is 5.65. The summed E-state index contributed by atoms with van der Waals surface area (Å²) in [4.78, 5) is 36.5. The zero-order valence-electron chi connectivity index (χ0n) is 12.1. The number of amides is 2. The van der Waals surface area contributed by atoms with Crippen molar-refractivity contribution in [1.82, 2.24) is 4.90 Å². The molecule has 1 aliphatic carbocycles. The maximum atomic E-state index is 12.0. The highest BCUT2D eigenvalue weighted by Crippen LogP contribution is 2.20. The third kappa shape index (κ3) is 4.31. The van der Waals surface area contributed by atoms with Gasteiger partial charge in [0.25, 0.3) is 5.91 Å². The molecule has 1 fully saturated rings. The lowest BCUT2D eigenvalue weighted by atomic mass is 9.95. The molecule has 2 amide bonds. The Morgan fingerprint density at radius 3 is 2.38 bits per heavy atom. The van der Waals surface area contributed by atoms with Gasteiger partial charge in [0.05, 0.1) is 5.92 Å². The lowest BCUT2D eigenvalue weighted by Gasteiger charge is -2.30. The third-order valence-electron chi connectivity index (χ3n) is 4.19. The van der Waals surface area contributed by atoms with E-state index in [1.807, 2.05) is 6.08 Å². The van der Waals surface area contributed by atoms with Crippen molar-refractivity contribution in [2.75, 3.05) is 19.7 Å². The number of nitrogens with zero attached hydrogens (tertiary/aromatic N) is 1. The average Bonchev–Trinajstić information content (AvgIpc) is 2.53. The minimum Gasteiger partial charge on any atom is -0.455 e. The van der Waals surface area contributed by atoms with E-state index in [4.69, 9.17) is 10.5 Å². The molecule has 0 aromatic heterocycles. The maximum absolute atomic E-state index is 12.0. The number of nitrogens with two attached hydrogens (primary N) is 1. The van der Waals surface area contributed by atoms with Crippen LogP contribution in [-0.2, 0) is 19.1 Å². The van der Waals surface area contributed by atoms with E-state index >= 15 is 0 Å². The summed E-state index contributed by atoms with van der Waals surface area (Å²) in [5.41, 5.74) is 5.25. The molecule has 1 heterocycles. The Balaban J connectivity index is 1.71. The monoisotopic (exact) mass is 294 g/mol. The number of primary amides is 1. The Morgan fingerprint density at radius 2 is 1.81 bits per heavy atom. The molecule has 0 aromatic carbocycles. The fourth-order valence-corrected chi connectivity index (χ4v) is 2.76. The highest BCUT2D eigenvalue weighted by atomic mass is 16.5. The largest absolute Gasteiger partial charge is 0.455 e. The van der Waals surface area contributed by atoms with Gasteiger partial charge in [0.1, 0.15) is 0 Å². The molecule has 0 saturated carbocycles. The molecule has 0 spiro atoms. The molecule has 1 atom stereocenters. The average molecular weight is 294 g/mol. The van der Waals surface area contributed by atoms with Crippen LogP contribution in [-0.4, -0.2) is 42.4 Å². The predicted octanol–water partition coefficient (Wildman–Crippen LogP) is 0.610. The van der Waals surface area contributed by atoms with Gasteiger partial charge in [0.15, 0.2) is 6.61 Å². The molecule has 6 heteroatoms. The first-order valence-corrected chi connectivity index (χ1v) is 7.46. The second-order valence-electron chi connectivity index (χ2n) is 5.65. The summed E-state index contributed by atoms with van der Waals surface area (Å²) in [7, 11) is 0. The zero-order valence-corrected chi connectivity index (χ0v) is 12.1. The van der Waals surface area contributed by atoms with Gasteiger partial charge in [-0.05, 0) is 32.1 Å². The molecule has 1 aliphatic heterocycles. The number of piperidine rings is 1. The summed E-state index contributed by atoms with van der Waals surface area (Å²) in [6, 6.07) is 0. The predicted molar refractivity (Wildman–Crippen MR) is 75.9 cm³/mol. The first kappa shape index (κ1) is 15.5. The van der Waals surface area contributed by atoms with E-state index in [1.165, 1.54) is 0 Å². The van der Waals surface area contributed by atoms with Crippen molar-refractivity contribution in [3.63, 3.8) is 0 Å². The molecule has 2 N–H and O–H groups in total. The van der Waals surface area contributed by atoms with Gasteiger partial charge in [-0.3, -0.25) is 14.4 Å². The highest BCUT2D eigenvalue weighted by Gasteiger charge is 2.27. The van der Waals surface area contributed by atoms with Crippen molar-refractivity contribution in [1.29, 1.82) is 0 Å². The number of hydrogen-bond acceptors (Lipinski definition) is 4. The molecule has 0 bridgehead atoms. The van der Waals surface area contributed by atoms with Crippen molar-refractivity contribution < 1.29 is 19.1 Å². The molecule has 116 valence electrons. The van der Waals surface area contributed by atoms with Crippen molar-refractivity contribution in [2.24, 2.45) is 17.6 Å². The summed E-state index contributed by atoms with van der Waals surface area (Å²) in [5, 5.41) is 0. The van der Waals surface area contributed by atoms with Gasteiger partial charge in [-0.1, -0.05) is 12.2 Å². The SMILES string of the molecule is NC(=O)C1CCN(C(=O)COC(=O)[C@@H]2CC=CCC2)CC1. The summed E-state index contributed by atoms with van der Waals surface area (Å²) in [6.45, 7) is 0.784. The van der Waals surface area contributed by atoms with E-state index < -0.39 is 0 Å². The smallest absolute Gasteiger partial charge is 0.309 e. The Kier molecular flexibility index (Phi) is 5.36. The fourth-order valence-electron chi connectivity index (χ4n) is 2.76. The number of esters is 1. The second kappa shape index (κ2) is 7.24. The first-order chi connectivity index (χ1) is 10.1. The minimum atomic E-state index is -0.307. The van der Waals surface area contributed by atoms with E-state index in [0.717, 1.165) is 12.8 Å². The van der Waals surface area contributed by atoms with E-state index in [0.29, 0.717) is 32.4 Å². The number of allylic oxidation sites excluding steroid dienone is 2. The van der Waals surface area contributed by atoms with Gasteiger partial charge in [0.2, 0.25) is 5.91 Å². The van der Waals surface area contributed by atoms with Crippen LogP contribution in [0.4, 0.5) is 0 Å². The van der Waals surface area contributed by atoms with Crippen molar-refractivity contribution in [3.8, 4) is 0 Å². The lowest BCUT2D eigenvalue weighted by Crippen LogP contribution is -2.43. The summed E-state index contributed by atoms with van der Waals surface area (Å²) < 4.78 is 5.12. The van der Waals surface area contributed by atoms with Crippen LogP contribution in [0.5, 0.6) is 0 Å². The first-order valence-electron chi connectivity index (χ1n) is 7.46. The Morgan fingerprint density at radius 1 is 1.10 bits per heavy atom. The molecule has 0 radical (unpaired) electrons. The molecular weight excluding hydrogens is 272 g/mol. The molecule has 2 rings (SSSR count). The fraction of sp³-hybridized carbons (Fsp3) is 0.667. The summed E-state index contributed by atoms with van der Waals surface area (Å²) >= 11 is 0. The molecule has 21 heavy (non-hydrogen) atoms. The number of likely N-dealkylation sites (tertiary alicyclic amines) is 1. The van der Waals surface area contributed by atoms with Gasteiger partial charge >= 0.3 is 5.97 Å². The van der Waals surface area contributed by atoms with Gasteiger partial charge in [-0.25, -0.2) is 0 Å². The van der Waals surface area contributed by atoms with Gasteiger partial charge in [-0.2, -0.15) is 0 Å². The van der Waals surface area contributed by atoms with Crippen LogP contribution in [0.15, 0.2) is 12.2 Å². The van der Waals surface area contributed by atoms with Gasteiger partial charge in [0, 0.05) is 19.0 Å². The molecule has 0 unspecified atom stereocenters. The Hall–Kier alpha value is -1.85. The summed E-state index contributed by atoms with van der Waals surface area (Å²) in [6.07, 6.45) is 7.56. The lowest BCUT2D eigenvalue weighted by molar-refractivity contribution is -0.156. The normalized spacial score (nSPS) is 22.9. The molecule has 1 saturated heterocycles. The highest BCUT2D eigenvalue weighted by molar-refractivity contribution is 5.82. The van der Waals surface area contributed by atoms with Crippen LogP contribution in [0.25, 0.3) is 0 Å². The summed E-state index contributed by atoms with van der Waals surface area (Å²) in [5.74, 6) is -1.06. The minimum absolute atomic E-state index is 0.122. The molecule has 2 aliphatic rings. The third-order valence-corrected chi connectivity index (χ3v) is 4.19. The van der Waals surface area contributed by atoms with Crippen LogP contribution >= 0.6 is 0 Å². The van der Waals surface area contributed by atoms with E-state index in [9.17, 15) is 14.4 Å². The number of rotatable bonds is 4. The van der Waals surface area contributed by atoms with E-state index in [-0.39, 0.29) is 36.2 Å². The van der Waals surface area contributed by atoms with Gasteiger partial charge in [-0.15, -0.1) is 0 Å². The van der Waals surface area contributed by atoms with Crippen LogP contribution in [0.1, 0.15) is 32.1 Å². The number of carbonyl (C=O) groups excluding carboxylic acids is 3. The van der Waals surface area contributed by atoms with Crippen molar-refractivity contribution >= 4 is 17.8 Å². The number of hydrogen-bond donors (Lipinski definition) is 1. The van der Waals surface area contributed by atoms with Crippen molar-refractivity contribution in [2.45, 2.75) is 32.1 Å².